The van der Waals surface area contributed by atoms with Crippen molar-refractivity contribution in [3.05, 3.63) is 76.4 Å². The number of hydrogen-bond acceptors (Lipinski definition) is 3. The monoisotopic (exact) mass is 321 g/mol. The van der Waals surface area contributed by atoms with Gasteiger partial charge in [0.2, 0.25) is 5.95 Å². The van der Waals surface area contributed by atoms with Gasteiger partial charge in [-0.25, -0.2) is 9.97 Å². The fraction of sp³-hybridized carbons (Fsp3) is 0.158. The Hall–Kier alpha value is -2.39. The topological polar surface area (TPSA) is 37.8 Å². The maximum atomic E-state index is 6.04. The van der Waals surface area contributed by atoms with Crippen molar-refractivity contribution in [3.8, 4) is 11.3 Å². The van der Waals surface area contributed by atoms with Gasteiger partial charge >= 0.3 is 0 Å². The number of anilines is 1. The number of hydrogen-bond donors (Lipinski definition) is 1. The second-order valence-corrected chi connectivity index (χ2v) is 6.15. The Balaban J connectivity index is 1.87. The maximum absolute atomic E-state index is 6.04. The van der Waals surface area contributed by atoms with Crippen LogP contribution >= 0.6 is 11.6 Å². The van der Waals surface area contributed by atoms with E-state index in [2.05, 4.69) is 51.7 Å². The van der Waals surface area contributed by atoms with Gasteiger partial charge in [0.1, 0.15) is 0 Å². The molecule has 0 aliphatic heterocycles. The van der Waals surface area contributed by atoms with Gasteiger partial charge in [-0.2, -0.15) is 0 Å². The molecular formula is C19H16ClN3. The lowest BCUT2D eigenvalue weighted by molar-refractivity contribution is 0.782. The number of benzene rings is 2. The average molecular weight is 322 g/mol. The Morgan fingerprint density at radius 2 is 1.87 bits per heavy atom. The van der Waals surface area contributed by atoms with Gasteiger partial charge in [0.25, 0.3) is 0 Å². The summed E-state index contributed by atoms with van der Waals surface area (Å²) in [4.78, 5) is 9.05. The molecule has 1 aliphatic rings. The van der Waals surface area contributed by atoms with Crippen LogP contribution in [0.4, 0.5) is 5.95 Å². The van der Waals surface area contributed by atoms with Crippen LogP contribution in [-0.4, -0.2) is 17.0 Å². The number of nitrogens with zero attached hydrogens (tertiary/aromatic N) is 2. The van der Waals surface area contributed by atoms with Crippen molar-refractivity contribution in [1.29, 1.82) is 0 Å². The second kappa shape index (κ2) is 5.67. The van der Waals surface area contributed by atoms with Gasteiger partial charge in [-0.1, -0.05) is 48.0 Å². The van der Waals surface area contributed by atoms with Crippen LogP contribution in [0, 0.1) is 0 Å². The summed E-state index contributed by atoms with van der Waals surface area (Å²) < 4.78 is 0. The lowest BCUT2D eigenvalue weighted by atomic mass is 9.78. The Kier molecular flexibility index (Phi) is 3.50. The molecular weight excluding hydrogens is 306 g/mol. The van der Waals surface area contributed by atoms with Crippen molar-refractivity contribution >= 4 is 17.5 Å². The largest absolute Gasteiger partial charge is 0.357 e. The van der Waals surface area contributed by atoms with Crippen molar-refractivity contribution < 1.29 is 0 Å². The second-order valence-electron chi connectivity index (χ2n) is 5.71. The van der Waals surface area contributed by atoms with Gasteiger partial charge in [-0.15, -0.1) is 0 Å². The molecule has 0 amide bonds. The summed E-state index contributed by atoms with van der Waals surface area (Å²) in [6, 6.07) is 16.6. The molecule has 1 N–H and O–H groups in total. The number of halogens is 1. The molecule has 23 heavy (non-hydrogen) atoms. The lowest BCUT2D eigenvalue weighted by Crippen LogP contribution is -2.15. The predicted molar refractivity (Wildman–Crippen MR) is 94.0 cm³/mol. The Labute approximate surface area is 140 Å². The summed E-state index contributed by atoms with van der Waals surface area (Å²) in [5.74, 6) is 0.962. The lowest BCUT2D eigenvalue weighted by Gasteiger charge is -2.27. The molecule has 1 aliphatic carbocycles. The minimum Gasteiger partial charge on any atom is -0.357 e. The molecule has 1 aromatic heterocycles. The Bertz CT molecular complexity index is 859. The Morgan fingerprint density at radius 1 is 1.09 bits per heavy atom. The fourth-order valence-electron chi connectivity index (χ4n) is 3.25. The number of nitrogens with one attached hydrogen (secondary N) is 1. The molecule has 0 spiro atoms. The highest BCUT2D eigenvalue weighted by Crippen LogP contribution is 2.41. The van der Waals surface area contributed by atoms with Gasteiger partial charge in [-0.05, 0) is 35.2 Å². The first-order chi connectivity index (χ1) is 11.3. The summed E-state index contributed by atoms with van der Waals surface area (Å²) in [6.45, 7) is 0. The third-order valence-corrected chi connectivity index (χ3v) is 4.63. The van der Waals surface area contributed by atoms with E-state index in [1.807, 2.05) is 25.4 Å². The highest BCUT2D eigenvalue weighted by molar-refractivity contribution is 6.30. The van der Waals surface area contributed by atoms with Crippen LogP contribution in [0.25, 0.3) is 11.3 Å². The quantitative estimate of drug-likeness (QED) is 0.753. The van der Waals surface area contributed by atoms with Crippen molar-refractivity contribution in [2.75, 3.05) is 12.4 Å². The number of rotatable bonds is 2. The molecule has 4 rings (SSSR count). The minimum absolute atomic E-state index is 0.306. The fourth-order valence-corrected chi connectivity index (χ4v) is 3.37. The molecule has 0 radical (unpaired) electrons. The summed E-state index contributed by atoms with van der Waals surface area (Å²) in [7, 11) is 1.84. The van der Waals surface area contributed by atoms with E-state index in [-0.39, 0.29) is 0 Å². The van der Waals surface area contributed by atoms with Crippen LogP contribution in [0.2, 0.25) is 5.02 Å². The van der Waals surface area contributed by atoms with E-state index in [4.69, 9.17) is 11.6 Å². The Morgan fingerprint density at radius 3 is 2.65 bits per heavy atom. The molecule has 3 aromatic rings. The van der Waals surface area contributed by atoms with E-state index in [1.165, 1.54) is 22.3 Å². The van der Waals surface area contributed by atoms with E-state index < -0.39 is 0 Å². The van der Waals surface area contributed by atoms with E-state index in [0.717, 1.165) is 17.1 Å². The normalized spacial score (nSPS) is 15.7. The average Bonchev–Trinajstić information content (AvgIpc) is 2.61. The third-order valence-electron chi connectivity index (χ3n) is 4.38. The van der Waals surface area contributed by atoms with E-state index in [9.17, 15) is 0 Å². The number of aromatic nitrogens is 2. The molecule has 3 nitrogen and oxygen atoms in total. The highest BCUT2D eigenvalue weighted by Gasteiger charge is 2.27. The predicted octanol–water partition coefficient (Wildman–Crippen LogP) is 4.53. The zero-order valence-electron chi connectivity index (χ0n) is 12.8. The number of fused-ring (bicyclic) bond motifs is 3. The third kappa shape index (κ3) is 2.47. The zero-order chi connectivity index (χ0) is 15.8. The van der Waals surface area contributed by atoms with Crippen molar-refractivity contribution in [2.24, 2.45) is 0 Å². The molecule has 0 saturated carbocycles. The first-order valence-electron chi connectivity index (χ1n) is 7.64. The van der Waals surface area contributed by atoms with Crippen molar-refractivity contribution in [2.45, 2.75) is 12.3 Å². The zero-order valence-corrected chi connectivity index (χ0v) is 13.5. The highest BCUT2D eigenvalue weighted by atomic mass is 35.5. The van der Waals surface area contributed by atoms with Gasteiger partial charge in [0, 0.05) is 29.7 Å². The van der Waals surface area contributed by atoms with Crippen LogP contribution in [0.15, 0.2) is 54.7 Å². The molecule has 0 saturated heterocycles. The standard InChI is InChI=1S/C19H16ClN3/c1-21-19-22-11-13-10-17(12-6-8-14(20)9-7-12)15-4-2-3-5-16(15)18(13)23-19/h2-9,11,17H,10H2,1H3,(H,21,22,23). The first-order valence-corrected chi connectivity index (χ1v) is 8.02. The van der Waals surface area contributed by atoms with E-state index in [0.29, 0.717) is 11.9 Å². The van der Waals surface area contributed by atoms with Gasteiger partial charge in [-0.3, -0.25) is 0 Å². The minimum atomic E-state index is 0.306. The summed E-state index contributed by atoms with van der Waals surface area (Å²) in [6.07, 6.45) is 2.84. The summed E-state index contributed by atoms with van der Waals surface area (Å²) >= 11 is 6.04. The van der Waals surface area contributed by atoms with Gasteiger partial charge in [0.15, 0.2) is 0 Å². The maximum Gasteiger partial charge on any atom is 0.222 e. The van der Waals surface area contributed by atoms with Crippen molar-refractivity contribution in [1.82, 2.24) is 9.97 Å². The SMILES string of the molecule is CNc1ncc2c(n1)-c1ccccc1C(c1ccc(Cl)cc1)C2. The molecule has 1 unspecified atom stereocenters. The van der Waals surface area contributed by atoms with Gasteiger partial charge < -0.3 is 5.32 Å². The molecule has 1 heterocycles. The van der Waals surface area contributed by atoms with E-state index in [1.54, 1.807) is 0 Å². The molecule has 0 bridgehead atoms. The molecule has 4 heteroatoms. The van der Waals surface area contributed by atoms with Crippen LogP contribution in [-0.2, 0) is 6.42 Å². The van der Waals surface area contributed by atoms with Crippen LogP contribution in [0.1, 0.15) is 22.6 Å². The first kappa shape index (κ1) is 14.2. The van der Waals surface area contributed by atoms with Crippen LogP contribution in [0.3, 0.4) is 0 Å². The molecule has 2 aromatic carbocycles. The van der Waals surface area contributed by atoms with Crippen LogP contribution in [0.5, 0.6) is 0 Å². The summed E-state index contributed by atoms with van der Waals surface area (Å²) in [5.41, 5.74) is 5.98. The van der Waals surface area contributed by atoms with Crippen molar-refractivity contribution in [3.63, 3.8) is 0 Å². The molecule has 1 atom stereocenters. The molecule has 114 valence electrons. The van der Waals surface area contributed by atoms with E-state index >= 15 is 0 Å². The molecule has 0 fully saturated rings. The van der Waals surface area contributed by atoms with Crippen LogP contribution < -0.4 is 5.32 Å². The van der Waals surface area contributed by atoms with Gasteiger partial charge in [0.05, 0.1) is 5.69 Å². The smallest absolute Gasteiger partial charge is 0.222 e. The summed E-state index contributed by atoms with van der Waals surface area (Å²) in [5, 5.41) is 3.78.